The number of hydrogen-bond acceptors (Lipinski definition) is 9. The van der Waals surface area contributed by atoms with Gasteiger partial charge in [-0.2, -0.15) is 5.10 Å². The van der Waals surface area contributed by atoms with Crippen molar-refractivity contribution in [2.45, 2.75) is 37.7 Å². The van der Waals surface area contributed by atoms with Crippen molar-refractivity contribution >= 4 is 33.2 Å². The van der Waals surface area contributed by atoms with E-state index in [1.807, 2.05) is 25.1 Å². The van der Waals surface area contributed by atoms with Gasteiger partial charge in [0.2, 0.25) is 0 Å². The number of fused-ring (bicyclic) bond motifs is 1. The number of benzene rings is 2. The number of hydrogen-bond donors (Lipinski definition) is 2. The quantitative estimate of drug-likeness (QED) is 0.345. The van der Waals surface area contributed by atoms with Crippen molar-refractivity contribution < 1.29 is 19.3 Å². The summed E-state index contributed by atoms with van der Waals surface area (Å²) in [4.78, 5) is 8.95. The van der Waals surface area contributed by atoms with Crippen LogP contribution < -0.4 is 0 Å². The monoisotopic (exact) mass is 541 g/mol. The Morgan fingerprint density at radius 3 is 2.92 bits per heavy atom. The molecule has 10 nitrogen and oxygen atoms in total. The number of nitrogens with zero attached hydrogens (tertiary/aromatic N) is 7. The van der Waals surface area contributed by atoms with Crippen LogP contribution in [-0.2, 0) is 4.74 Å². The van der Waals surface area contributed by atoms with E-state index in [0.29, 0.717) is 17.1 Å². The van der Waals surface area contributed by atoms with Crippen molar-refractivity contribution in [3.8, 4) is 16.9 Å². The first-order chi connectivity index (χ1) is 17.9. The van der Waals surface area contributed by atoms with Gasteiger partial charge in [0.25, 0.3) is 0 Å². The zero-order valence-electron chi connectivity index (χ0n) is 19.4. The predicted molar refractivity (Wildman–Crippen MR) is 134 cm³/mol. The van der Waals surface area contributed by atoms with E-state index in [1.54, 1.807) is 28.3 Å². The lowest BCUT2D eigenvalue weighted by Gasteiger charge is -2.38. The number of halogens is 2. The third-order valence-electron chi connectivity index (χ3n) is 6.40. The molecule has 1 aliphatic rings. The Bertz CT molecular complexity index is 1590. The van der Waals surface area contributed by atoms with Crippen molar-refractivity contribution in [3.63, 3.8) is 0 Å². The molecule has 0 bridgehead atoms. The van der Waals surface area contributed by atoms with E-state index in [0.717, 1.165) is 20.9 Å². The molecule has 37 heavy (non-hydrogen) atoms. The Hall–Kier alpha value is -3.29. The maximum atomic E-state index is 14.0. The van der Waals surface area contributed by atoms with Crippen molar-refractivity contribution in [2.75, 3.05) is 6.61 Å². The van der Waals surface area contributed by atoms with Crippen molar-refractivity contribution in [2.24, 2.45) is 0 Å². The summed E-state index contributed by atoms with van der Waals surface area (Å²) in [5.74, 6) is -0.0395. The van der Waals surface area contributed by atoms with Crippen LogP contribution in [0, 0.1) is 12.7 Å². The van der Waals surface area contributed by atoms with Gasteiger partial charge >= 0.3 is 0 Å². The standard InChI is InChI=1S/C24H21ClFN7O3S/c1-12-29-17-5-3-14(7-22(17)37-12)33-24(27-11-28-33)20-8-19(23(35)21(10-34)36-20)32-9-18(30-31-32)13-2-4-15(25)16(26)6-13/h2-7,9,11,19-21,23,34-35H,8,10H2,1H3/t19-,20-,21-,23-/m1/s1. The zero-order valence-corrected chi connectivity index (χ0v) is 21.0. The molecule has 1 aliphatic heterocycles. The second kappa shape index (κ2) is 9.54. The summed E-state index contributed by atoms with van der Waals surface area (Å²) in [5, 5.41) is 34.6. The molecule has 2 aromatic carbocycles. The van der Waals surface area contributed by atoms with Crippen LogP contribution in [0.4, 0.5) is 4.39 Å². The smallest absolute Gasteiger partial charge is 0.161 e. The summed E-state index contributed by atoms with van der Waals surface area (Å²) in [7, 11) is 0. The Kier molecular flexibility index (Phi) is 6.21. The normalized spacial score (nSPS) is 22.1. The maximum Gasteiger partial charge on any atom is 0.161 e. The molecule has 0 saturated carbocycles. The second-order valence-corrected chi connectivity index (χ2v) is 10.4. The molecule has 0 amide bonds. The number of aryl methyl sites for hydroxylation is 1. The Balaban J connectivity index is 1.32. The van der Waals surface area contributed by atoms with E-state index in [-0.39, 0.29) is 11.4 Å². The molecule has 1 saturated heterocycles. The fourth-order valence-corrected chi connectivity index (χ4v) is 5.57. The molecule has 5 aromatic rings. The van der Waals surface area contributed by atoms with E-state index in [1.165, 1.54) is 23.1 Å². The van der Waals surface area contributed by atoms with Crippen LogP contribution in [0.3, 0.4) is 0 Å². The summed E-state index contributed by atoms with van der Waals surface area (Å²) in [6.07, 6.45) is 0.797. The number of aliphatic hydroxyl groups is 2. The largest absolute Gasteiger partial charge is 0.394 e. The highest BCUT2D eigenvalue weighted by Crippen LogP contribution is 2.38. The van der Waals surface area contributed by atoms with Gasteiger partial charge < -0.3 is 14.9 Å². The molecule has 190 valence electrons. The first-order valence-electron chi connectivity index (χ1n) is 11.5. The van der Waals surface area contributed by atoms with Gasteiger partial charge in [-0.15, -0.1) is 16.4 Å². The zero-order chi connectivity index (χ0) is 25.7. The molecule has 0 unspecified atom stereocenters. The van der Waals surface area contributed by atoms with Gasteiger partial charge in [-0.05, 0) is 37.3 Å². The average Bonchev–Trinajstić information content (AvgIpc) is 3.64. The first kappa shape index (κ1) is 24.1. The SMILES string of the molecule is Cc1nc2ccc(-n3ncnc3[C@H]3C[C@@H](n4cc(-c5ccc(Cl)c(F)c5)nn4)[C@@H](O)[C@@H](CO)O3)cc2s1. The molecule has 2 N–H and O–H groups in total. The van der Waals surface area contributed by atoms with Gasteiger partial charge in [0.05, 0.1) is 44.8 Å². The molecule has 13 heteroatoms. The summed E-state index contributed by atoms with van der Waals surface area (Å²) in [6, 6.07) is 9.61. The lowest BCUT2D eigenvalue weighted by Crippen LogP contribution is -2.45. The molecule has 0 aliphatic carbocycles. The minimum absolute atomic E-state index is 0.0124. The van der Waals surface area contributed by atoms with Crippen LogP contribution in [0.15, 0.2) is 48.9 Å². The predicted octanol–water partition coefficient (Wildman–Crippen LogP) is 3.66. The van der Waals surface area contributed by atoms with Crippen molar-refractivity contribution in [3.05, 3.63) is 70.6 Å². The Labute approximate surface area is 218 Å². The number of aromatic nitrogens is 7. The Morgan fingerprint density at radius 1 is 1.24 bits per heavy atom. The summed E-state index contributed by atoms with van der Waals surface area (Å²) >= 11 is 7.39. The molecule has 0 spiro atoms. The van der Waals surface area contributed by atoms with E-state index in [9.17, 15) is 14.6 Å². The number of thiazole rings is 1. The molecular formula is C24H21ClFN7O3S. The summed E-state index contributed by atoms with van der Waals surface area (Å²) in [6.45, 7) is 1.55. The van der Waals surface area contributed by atoms with E-state index in [2.05, 4.69) is 25.4 Å². The van der Waals surface area contributed by atoms with E-state index in [4.69, 9.17) is 16.3 Å². The average molecular weight is 542 g/mol. The number of rotatable bonds is 5. The van der Waals surface area contributed by atoms with E-state index >= 15 is 0 Å². The van der Waals surface area contributed by atoms with Gasteiger partial charge in [-0.1, -0.05) is 22.9 Å². The van der Waals surface area contributed by atoms with E-state index < -0.39 is 36.8 Å². The summed E-state index contributed by atoms with van der Waals surface area (Å²) < 4.78 is 24.3. The van der Waals surface area contributed by atoms with Crippen LogP contribution >= 0.6 is 22.9 Å². The van der Waals surface area contributed by atoms with Crippen molar-refractivity contribution in [1.29, 1.82) is 0 Å². The molecule has 4 heterocycles. The van der Waals surface area contributed by atoms with Gasteiger partial charge in [0.15, 0.2) is 5.82 Å². The second-order valence-electron chi connectivity index (χ2n) is 8.77. The fraction of sp³-hybridized carbons (Fsp3) is 0.292. The van der Waals surface area contributed by atoms with Gasteiger partial charge in [0, 0.05) is 12.0 Å². The van der Waals surface area contributed by atoms with Crippen molar-refractivity contribution in [1.82, 2.24) is 34.7 Å². The van der Waals surface area contributed by atoms with Crippen LogP contribution in [-0.4, -0.2) is 63.8 Å². The highest BCUT2D eigenvalue weighted by atomic mass is 35.5. The maximum absolute atomic E-state index is 14.0. The molecular weight excluding hydrogens is 521 g/mol. The van der Waals surface area contributed by atoms with Gasteiger partial charge in [-0.25, -0.2) is 23.7 Å². The van der Waals surface area contributed by atoms with Crippen LogP contribution in [0.25, 0.3) is 27.2 Å². The lowest BCUT2D eigenvalue weighted by atomic mass is 9.95. The first-order valence-corrected chi connectivity index (χ1v) is 12.7. The lowest BCUT2D eigenvalue weighted by molar-refractivity contribution is -0.161. The van der Waals surface area contributed by atoms with Gasteiger partial charge in [0.1, 0.15) is 36.2 Å². The molecule has 4 atom stereocenters. The minimum Gasteiger partial charge on any atom is -0.394 e. The van der Waals surface area contributed by atoms with Crippen LogP contribution in [0.5, 0.6) is 0 Å². The summed E-state index contributed by atoms with van der Waals surface area (Å²) in [5.41, 5.74) is 2.62. The molecule has 0 radical (unpaired) electrons. The molecule has 6 rings (SSSR count). The molecule has 3 aromatic heterocycles. The number of ether oxygens (including phenoxy) is 1. The fourth-order valence-electron chi connectivity index (χ4n) is 4.59. The minimum atomic E-state index is -1.06. The third-order valence-corrected chi connectivity index (χ3v) is 7.64. The molecule has 1 fully saturated rings. The van der Waals surface area contributed by atoms with Crippen LogP contribution in [0.2, 0.25) is 5.02 Å². The number of aliphatic hydroxyl groups excluding tert-OH is 2. The third kappa shape index (κ3) is 4.40. The highest BCUT2D eigenvalue weighted by Gasteiger charge is 2.41. The highest BCUT2D eigenvalue weighted by molar-refractivity contribution is 7.18. The van der Waals surface area contributed by atoms with Crippen LogP contribution in [0.1, 0.15) is 29.4 Å². The Morgan fingerprint density at radius 2 is 2.11 bits per heavy atom. The van der Waals surface area contributed by atoms with Gasteiger partial charge in [-0.3, -0.25) is 0 Å². The topological polar surface area (TPSA) is 124 Å².